The van der Waals surface area contributed by atoms with E-state index >= 15 is 0 Å². The van der Waals surface area contributed by atoms with E-state index in [0.717, 1.165) is 12.1 Å². The van der Waals surface area contributed by atoms with Crippen molar-refractivity contribution in [2.24, 2.45) is 0 Å². The first-order valence-electron chi connectivity index (χ1n) is 6.30. The third kappa shape index (κ3) is 3.81. The third-order valence-electron chi connectivity index (χ3n) is 2.94. The normalized spacial score (nSPS) is 11.9. The fourth-order valence-corrected chi connectivity index (χ4v) is 2.57. The fraction of sp³-hybridized carbons (Fsp3) is 0.200. The summed E-state index contributed by atoms with van der Waals surface area (Å²) >= 11 is 3.22. The molecule has 0 aliphatic heterocycles. The highest BCUT2D eigenvalue weighted by Crippen LogP contribution is 2.28. The molecule has 0 amide bonds. The van der Waals surface area contributed by atoms with Gasteiger partial charge in [0.1, 0.15) is 0 Å². The van der Waals surface area contributed by atoms with Gasteiger partial charge in [0.25, 0.3) is 5.69 Å². The molecule has 2 rings (SSSR count). The summed E-state index contributed by atoms with van der Waals surface area (Å²) in [6.07, 6.45) is 0.898. The van der Waals surface area contributed by atoms with Gasteiger partial charge in [-0.05, 0) is 47.0 Å². The van der Waals surface area contributed by atoms with Crippen LogP contribution in [0.5, 0.6) is 0 Å². The maximum Gasteiger partial charge on any atom is 0.283 e. The van der Waals surface area contributed by atoms with E-state index < -0.39 is 4.92 Å². The molecule has 5 heteroatoms. The zero-order valence-electron chi connectivity index (χ0n) is 11.0. The van der Waals surface area contributed by atoms with Crippen LogP contribution in [-0.2, 0) is 6.42 Å². The van der Waals surface area contributed by atoms with Crippen LogP contribution >= 0.6 is 15.9 Å². The molecule has 0 spiro atoms. The maximum atomic E-state index is 10.8. The molecule has 104 valence electrons. The SMILES string of the molecule is CC(Cc1ccccc1)Nc1ccc([N+](=O)[O-])c(Br)c1. The summed E-state index contributed by atoms with van der Waals surface area (Å²) in [6, 6.07) is 15.4. The molecule has 2 aromatic rings. The summed E-state index contributed by atoms with van der Waals surface area (Å²) in [5, 5.41) is 14.1. The first-order valence-corrected chi connectivity index (χ1v) is 7.10. The van der Waals surface area contributed by atoms with Gasteiger partial charge < -0.3 is 5.32 Å². The molecule has 2 aromatic carbocycles. The summed E-state index contributed by atoms with van der Waals surface area (Å²) in [4.78, 5) is 10.4. The Hall–Kier alpha value is -1.88. The van der Waals surface area contributed by atoms with Crippen LogP contribution in [0.25, 0.3) is 0 Å². The highest BCUT2D eigenvalue weighted by Gasteiger charge is 2.12. The zero-order chi connectivity index (χ0) is 14.5. The van der Waals surface area contributed by atoms with Gasteiger partial charge in [-0.25, -0.2) is 0 Å². The lowest BCUT2D eigenvalue weighted by atomic mass is 10.1. The van der Waals surface area contributed by atoms with Crippen LogP contribution in [0.15, 0.2) is 53.0 Å². The second-order valence-corrected chi connectivity index (χ2v) is 5.51. The number of nitrogens with one attached hydrogen (secondary N) is 1. The van der Waals surface area contributed by atoms with E-state index in [1.807, 2.05) is 18.2 Å². The highest BCUT2D eigenvalue weighted by molar-refractivity contribution is 9.10. The Bertz CT molecular complexity index is 602. The molecule has 0 radical (unpaired) electrons. The molecule has 0 aliphatic carbocycles. The summed E-state index contributed by atoms with van der Waals surface area (Å²) in [5.41, 5.74) is 2.20. The Balaban J connectivity index is 2.03. The lowest BCUT2D eigenvalue weighted by Gasteiger charge is -2.15. The van der Waals surface area contributed by atoms with Crippen molar-refractivity contribution < 1.29 is 4.92 Å². The van der Waals surface area contributed by atoms with Crippen molar-refractivity contribution in [1.82, 2.24) is 0 Å². The van der Waals surface area contributed by atoms with Crippen molar-refractivity contribution >= 4 is 27.3 Å². The van der Waals surface area contributed by atoms with Crippen LogP contribution in [0, 0.1) is 10.1 Å². The Kier molecular flexibility index (Phi) is 4.74. The molecule has 0 fully saturated rings. The molecule has 0 aromatic heterocycles. The molecule has 0 saturated carbocycles. The number of nitro groups is 1. The number of benzene rings is 2. The van der Waals surface area contributed by atoms with Gasteiger partial charge in [-0.15, -0.1) is 0 Å². The number of rotatable bonds is 5. The predicted molar refractivity (Wildman–Crippen MR) is 84.0 cm³/mol. The zero-order valence-corrected chi connectivity index (χ0v) is 12.6. The number of nitrogens with zero attached hydrogens (tertiary/aromatic N) is 1. The van der Waals surface area contributed by atoms with Crippen LogP contribution < -0.4 is 5.32 Å². The Morgan fingerprint density at radius 1 is 1.25 bits per heavy atom. The van der Waals surface area contributed by atoms with Crippen molar-refractivity contribution in [3.05, 3.63) is 68.7 Å². The molecule has 0 saturated heterocycles. The molecule has 4 nitrogen and oxygen atoms in total. The minimum absolute atomic E-state index is 0.0752. The standard InChI is InChI=1S/C15H15BrN2O2/c1-11(9-12-5-3-2-4-6-12)17-13-7-8-15(18(19)20)14(16)10-13/h2-8,10-11,17H,9H2,1H3. The van der Waals surface area contributed by atoms with E-state index in [1.54, 1.807) is 12.1 Å². The first kappa shape index (κ1) is 14.5. The van der Waals surface area contributed by atoms with Gasteiger partial charge in [-0.1, -0.05) is 30.3 Å². The number of hydrogen-bond donors (Lipinski definition) is 1. The van der Waals surface area contributed by atoms with Crippen molar-refractivity contribution in [3.8, 4) is 0 Å². The lowest BCUT2D eigenvalue weighted by molar-refractivity contribution is -0.385. The van der Waals surface area contributed by atoms with Crippen LogP contribution in [0.3, 0.4) is 0 Å². The second kappa shape index (κ2) is 6.52. The van der Waals surface area contributed by atoms with E-state index in [2.05, 4.69) is 40.3 Å². The Morgan fingerprint density at radius 2 is 1.95 bits per heavy atom. The fourth-order valence-electron chi connectivity index (χ4n) is 2.05. The summed E-state index contributed by atoms with van der Waals surface area (Å²) in [7, 11) is 0. The largest absolute Gasteiger partial charge is 0.382 e. The van der Waals surface area contributed by atoms with E-state index in [1.165, 1.54) is 11.6 Å². The number of hydrogen-bond acceptors (Lipinski definition) is 3. The summed E-state index contributed by atoms with van der Waals surface area (Å²) < 4.78 is 0.486. The van der Waals surface area contributed by atoms with Crippen LogP contribution in [0.2, 0.25) is 0 Å². The predicted octanol–water partition coefficient (Wildman–Crippen LogP) is 4.40. The Morgan fingerprint density at radius 3 is 2.55 bits per heavy atom. The van der Waals surface area contributed by atoms with Crippen molar-refractivity contribution in [3.63, 3.8) is 0 Å². The van der Waals surface area contributed by atoms with E-state index in [0.29, 0.717) is 4.47 Å². The monoisotopic (exact) mass is 334 g/mol. The van der Waals surface area contributed by atoms with Gasteiger partial charge in [0.2, 0.25) is 0 Å². The second-order valence-electron chi connectivity index (χ2n) is 4.66. The molecule has 0 heterocycles. The van der Waals surface area contributed by atoms with Gasteiger partial charge in [0.15, 0.2) is 0 Å². The summed E-state index contributed by atoms with van der Waals surface area (Å²) in [5.74, 6) is 0. The molecule has 1 atom stereocenters. The number of halogens is 1. The van der Waals surface area contributed by atoms with Crippen LogP contribution in [0.4, 0.5) is 11.4 Å². The number of anilines is 1. The Labute approximate surface area is 126 Å². The maximum absolute atomic E-state index is 10.8. The van der Waals surface area contributed by atoms with Crippen LogP contribution in [-0.4, -0.2) is 11.0 Å². The van der Waals surface area contributed by atoms with Crippen LogP contribution in [0.1, 0.15) is 12.5 Å². The molecule has 0 aliphatic rings. The minimum atomic E-state index is -0.402. The van der Waals surface area contributed by atoms with E-state index in [4.69, 9.17) is 0 Å². The molecule has 0 bridgehead atoms. The average Bonchev–Trinajstić information content (AvgIpc) is 2.39. The van der Waals surface area contributed by atoms with Gasteiger partial charge in [0, 0.05) is 17.8 Å². The van der Waals surface area contributed by atoms with Crippen molar-refractivity contribution in [2.75, 3.05) is 5.32 Å². The van der Waals surface area contributed by atoms with Gasteiger partial charge in [0.05, 0.1) is 9.40 Å². The lowest BCUT2D eigenvalue weighted by Crippen LogP contribution is -2.18. The molecular weight excluding hydrogens is 320 g/mol. The minimum Gasteiger partial charge on any atom is -0.382 e. The quantitative estimate of drug-likeness (QED) is 0.651. The smallest absolute Gasteiger partial charge is 0.283 e. The highest BCUT2D eigenvalue weighted by atomic mass is 79.9. The number of nitro benzene ring substituents is 1. The molecule has 20 heavy (non-hydrogen) atoms. The first-order chi connectivity index (χ1) is 9.56. The van der Waals surface area contributed by atoms with Gasteiger partial charge in [-0.3, -0.25) is 10.1 Å². The molecule has 1 unspecified atom stereocenters. The molecule has 1 N–H and O–H groups in total. The summed E-state index contributed by atoms with van der Waals surface area (Å²) in [6.45, 7) is 2.09. The van der Waals surface area contributed by atoms with E-state index in [-0.39, 0.29) is 11.7 Å². The van der Waals surface area contributed by atoms with Crippen molar-refractivity contribution in [2.45, 2.75) is 19.4 Å². The van der Waals surface area contributed by atoms with Crippen molar-refractivity contribution in [1.29, 1.82) is 0 Å². The molecular formula is C15H15BrN2O2. The van der Waals surface area contributed by atoms with E-state index in [9.17, 15) is 10.1 Å². The third-order valence-corrected chi connectivity index (χ3v) is 3.58. The topological polar surface area (TPSA) is 55.2 Å². The van der Waals surface area contributed by atoms with Gasteiger partial charge >= 0.3 is 0 Å². The average molecular weight is 335 g/mol. The van der Waals surface area contributed by atoms with Gasteiger partial charge in [-0.2, -0.15) is 0 Å².